The molecular formula is C18H31N3O3. The topological polar surface area (TPSA) is 64.1 Å². The zero-order chi connectivity index (χ0) is 17.2. The Morgan fingerprint density at radius 3 is 2.17 bits per heavy atom. The molecule has 3 rings (SSSR count). The first-order valence-corrected chi connectivity index (χ1v) is 9.46. The maximum atomic E-state index is 12.7. The average molecular weight is 337 g/mol. The van der Waals surface area contributed by atoms with Gasteiger partial charge in [0.25, 0.3) is 0 Å². The fourth-order valence-electron chi connectivity index (χ4n) is 4.40. The Labute approximate surface area is 144 Å². The Hall–Kier alpha value is -1.14. The van der Waals surface area contributed by atoms with Crippen LogP contribution in [0.5, 0.6) is 0 Å². The molecule has 0 aliphatic carbocycles. The van der Waals surface area contributed by atoms with Gasteiger partial charge in [-0.15, -0.1) is 0 Å². The van der Waals surface area contributed by atoms with Crippen LogP contribution in [0.4, 0.5) is 0 Å². The highest BCUT2D eigenvalue weighted by Crippen LogP contribution is 2.35. The summed E-state index contributed by atoms with van der Waals surface area (Å²) in [5, 5.41) is 10.9. The number of rotatable bonds is 2. The minimum atomic E-state index is -0.703. The van der Waals surface area contributed by atoms with Crippen molar-refractivity contribution in [2.24, 2.45) is 5.92 Å². The number of likely N-dealkylation sites (tertiary alicyclic amines) is 3. The van der Waals surface area contributed by atoms with Crippen LogP contribution >= 0.6 is 0 Å². The summed E-state index contributed by atoms with van der Waals surface area (Å²) in [5.74, 6) is 0.223. The molecule has 0 bridgehead atoms. The Balaban J connectivity index is 1.57. The van der Waals surface area contributed by atoms with E-state index in [-0.39, 0.29) is 17.7 Å². The summed E-state index contributed by atoms with van der Waals surface area (Å²) in [6.07, 6.45) is 6.17. The fraction of sp³-hybridized carbons (Fsp3) is 0.889. The number of nitrogens with zero attached hydrogens (tertiary/aromatic N) is 3. The molecule has 24 heavy (non-hydrogen) atoms. The molecule has 2 atom stereocenters. The standard InChI is InChI=1S/C18H31N3O3/c1-15(22)20-10-6-18(24)7-11-21(13-16(18)12-20)17(23)14-19-8-4-2-3-5-9-19/h16,24H,2-14H2,1H3/t16-,18-/m0/s1. The molecule has 136 valence electrons. The minimum absolute atomic E-state index is 0.0167. The molecule has 0 saturated carbocycles. The van der Waals surface area contributed by atoms with Crippen molar-refractivity contribution in [3.05, 3.63) is 0 Å². The van der Waals surface area contributed by atoms with E-state index in [0.29, 0.717) is 45.6 Å². The highest BCUT2D eigenvalue weighted by molar-refractivity contribution is 5.78. The van der Waals surface area contributed by atoms with Crippen LogP contribution in [-0.2, 0) is 9.59 Å². The summed E-state index contributed by atoms with van der Waals surface area (Å²) < 4.78 is 0. The molecule has 0 aromatic carbocycles. The number of hydrogen-bond acceptors (Lipinski definition) is 4. The molecule has 0 radical (unpaired) electrons. The molecule has 6 heteroatoms. The summed E-state index contributed by atoms with van der Waals surface area (Å²) in [4.78, 5) is 30.3. The van der Waals surface area contributed by atoms with Crippen molar-refractivity contribution in [1.82, 2.24) is 14.7 Å². The van der Waals surface area contributed by atoms with E-state index in [4.69, 9.17) is 0 Å². The van der Waals surface area contributed by atoms with Crippen molar-refractivity contribution in [2.45, 2.75) is 51.0 Å². The Kier molecular flexibility index (Phi) is 5.45. The molecule has 0 spiro atoms. The first-order chi connectivity index (χ1) is 11.5. The number of piperidine rings is 2. The lowest BCUT2D eigenvalue weighted by Crippen LogP contribution is -2.61. The van der Waals surface area contributed by atoms with Crippen molar-refractivity contribution >= 4 is 11.8 Å². The SMILES string of the molecule is CC(=O)N1CC[C@]2(O)CCN(C(=O)CN3CCCCCC3)C[C@@H]2C1. The molecule has 0 aromatic rings. The van der Waals surface area contributed by atoms with Crippen molar-refractivity contribution < 1.29 is 14.7 Å². The molecule has 3 fully saturated rings. The molecule has 0 aromatic heterocycles. The van der Waals surface area contributed by atoms with Crippen molar-refractivity contribution in [3.63, 3.8) is 0 Å². The van der Waals surface area contributed by atoms with Crippen LogP contribution < -0.4 is 0 Å². The Bertz CT molecular complexity index is 476. The van der Waals surface area contributed by atoms with Gasteiger partial charge >= 0.3 is 0 Å². The smallest absolute Gasteiger partial charge is 0.236 e. The molecule has 2 amide bonds. The summed E-state index contributed by atoms with van der Waals surface area (Å²) in [7, 11) is 0. The molecule has 1 N–H and O–H groups in total. The van der Waals surface area contributed by atoms with E-state index < -0.39 is 5.60 Å². The third-order valence-corrected chi connectivity index (χ3v) is 6.13. The number of carbonyl (C=O) groups excluding carboxylic acids is 2. The fourth-order valence-corrected chi connectivity index (χ4v) is 4.40. The first kappa shape index (κ1) is 17.7. The van der Waals surface area contributed by atoms with Gasteiger partial charge in [0.15, 0.2) is 0 Å². The first-order valence-electron chi connectivity index (χ1n) is 9.46. The van der Waals surface area contributed by atoms with Gasteiger partial charge < -0.3 is 14.9 Å². The number of carbonyl (C=O) groups is 2. The highest BCUT2D eigenvalue weighted by atomic mass is 16.3. The Morgan fingerprint density at radius 1 is 0.958 bits per heavy atom. The van der Waals surface area contributed by atoms with E-state index in [1.54, 1.807) is 6.92 Å². The molecular weight excluding hydrogens is 306 g/mol. The van der Waals surface area contributed by atoms with Crippen molar-refractivity contribution in [3.8, 4) is 0 Å². The van der Waals surface area contributed by atoms with Gasteiger partial charge in [0.1, 0.15) is 0 Å². The second-order valence-corrected chi connectivity index (χ2v) is 7.80. The van der Waals surface area contributed by atoms with Gasteiger partial charge in [0.05, 0.1) is 12.1 Å². The molecule has 3 aliphatic heterocycles. The molecule has 6 nitrogen and oxygen atoms in total. The minimum Gasteiger partial charge on any atom is -0.389 e. The third-order valence-electron chi connectivity index (χ3n) is 6.13. The van der Waals surface area contributed by atoms with Gasteiger partial charge in [-0.1, -0.05) is 12.8 Å². The number of amides is 2. The zero-order valence-corrected chi connectivity index (χ0v) is 14.9. The summed E-state index contributed by atoms with van der Waals surface area (Å²) >= 11 is 0. The number of hydrogen-bond donors (Lipinski definition) is 1. The summed E-state index contributed by atoms with van der Waals surface area (Å²) in [6.45, 7) is 6.53. The number of fused-ring (bicyclic) bond motifs is 1. The van der Waals surface area contributed by atoms with Crippen LogP contribution in [0.25, 0.3) is 0 Å². The largest absolute Gasteiger partial charge is 0.389 e. The maximum absolute atomic E-state index is 12.7. The van der Waals surface area contributed by atoms with Gasteiger partial charge in [0.2, 0.25) is 11.8 Å². The van der Waals surface area contributed by atoms with Gasteiger partial charge in [-0.2, -0.15) is 0 Å². The lowest BCUT2D eigenvalue weighted by Gasteiger charge is -2.50. The highest BCUT2D eigenvalue weighted by Gasteiger charge is 2.46. The van der Waals surface area contributed by atoms with Gasteiger partial charge in [-0.05, 0) is 38.8 Å². The quantitative estimate of drug-likeness (QED) is 0.805. The van der Waals surface area contributed by atoms with E-state index in [0.717, 1.165) is 13.1 Å². The van der Waals surface area contributed by atoms with Gasteiger partial charge in [-0.25, -0.2) is 0 Å². The molecule has 3 saturated heterocycles. The average Bonchev–Trinajstić information content (AvgIpc) is 2.82. The van der Waals surface area contributed by atoms with Crippen LogP contribution in [0.15, 0.2) is 0 Å². The lowest BCUT2D eigenvalue weighted by molar-refractivity contribution is -0.153. The second-order valence-electron chi connectivity index (χ2n) is 7.80. The maximum Gasteiger partial charge on any atom is 0.236 e. The van der Waals surface area contributed by atoms with Crippen molar-refractivity contribution in [2.75, 3.05) is 45.8 Å². The zero-order valence-electron chi connectivity index (χ0n) is 14.9. The molecule has 0 unspecified atom stereocenters. The lowest BCUT2D eigenvalue weighted by atomic mass is 9.75. The van der Waals surface area contributed by atoms with E-state index in [2.05, 4.69) is 4.90 Å². The van der Waals surface area contributed by atoms with Gasteiger partial charge in [-0.3, -0.25) is 14.5 Å². The predicted octanol–water partition coefficient (Wildman–Crippen LogP) is 0.694. The van der Waals surface area contributed by atoms with E-state index in [1.807, 2.05) is 9.80 Å². The van der Waals surface area contributed by atoms with Crippen LogP contribution in [0.2, 0.25) is 0 Å². The summed E-state index contributed by atoms with van der Waals surface area (Å²) in [6, 6.07) is 0. The van der Waals surface area contributed by atoms with Crippen LogP contribution in [0.3, 0.4) is 0 Å². The van der Waals surface area contributed by atoms with Crippen LogP contribution in [0, 0.1) is 5.92 Å². The van der Waals surface area contributed by atoms with Crippen molar-refractivity contribution in [1.29, 1.82) is 0 Å². The van der Waals surface area contributed by atoms with Crippen LogP contribution in [-0.4, -0.2) is 83.0 Å². The molecule has 3 aliphatic rings. The monoisotopic (exact) mass is 337 g/mol. The number of aliphatic hydroxyl groups is 1. The normalized spacial score (nSPS) is 32.2. The van der Waals surface area contributed by atoms with E-state index in [9.17, 15) is 14.7 Å². The summed E-state index contributed by atoms with van der Waals surface area (Å²) in [5.41, 5.74) is -0.703. The third kappa shape index (κ3) is 3.91. The van der Waals surface area contributed by atoms with Crippen LogP contribution in [0.1, 0.15) is 45.4 Å². The molecule has 3 heterocycles. The Morgan fingerprint density at radius 2 is 1.54 bits per heavy atom. The van der Waals surface area contributed by atoms with E-state index in [1.165, 1.54) is 25.7 Å². The van der Waals surface area contributed by atoms with E-state index >= 15 is 0 Å². The second kappa shape index (κ2) is 7.40. The van der Waals surface area contributed by atoms with Gasteiger partial charge in [0, 0.05) is 39.0 Å². The predicted molar refractivity (Wildman–Crippen MR) is 91.4 cm³/mol.